The van der Waals surface area contributed by atoms with Gasteiger partial charge in [-0.3, -0.25) is 4.79 Å². The largest absolute Gasteiger partial charge is 0.341 e. The first-order valence-corrected chi connectivity index (χ1v) is 8.00. The maximum Gasteiger partial charge on any atom is 0.225 e. The second-order valence-corrected chi connectivity index (χ2v) is 6.65. The van der Waals surface area contributed by atoms with E-state index in [1.165, 1.54) is 0 Å². The van der Waals surface area contributed by atoms with Crippen molar-refractivity contribution in [1.82, 2.24) is 4.90 Å². The molecule has 1 aromatic carbocycles. The van der Waals surface area contributed by atoms with Crippen LogP contribution in [0.5, 0.6) is 0 Å². The SMILES string of the molecule is CC(N)CCCC(C)C(=O)N(C)Cc1cc(Cl)cc(Cl)c1. The molecule has 0 bridgehead atoms. The average molecular weight is 331 g/mol. The highest BCUT2D eigenvalue weighted by Crippen LogP contribution is 2.21. The minimum absolute atomic E-state index is 0.00315. The summed E-state index contributed by atoms with van der Waals surface area (Å²) in [6, 6.07) is 5.54. The van der Waals surface area contributed by atoms with Crippen LogP contribution in [0.25, 0.3) is 0 Å². The molecule has 2 N–H and O–H groups in total. The van der Waals surface area contributed by atoms with Crippen LogP contribution in [0.1, 0.15) is 38.7 Å². The molecule has 118 valence electrons. The van der Waals surface area contributed by atoms with Gasteiger partial charge in [0.1, 0.15) is 0 Å². The van der Waals surface area contributed by atoms with Crippen molar-refractivity contribution in [1.29, 1.82) is 0 Å². The van der Waals surface area contributed by atoms with Gasteiger partial charge in [0.15, 0.2) is 0 Å². The maximum absolute atomic E-state index is 12.3. The molecular formula is C16H24Cl2N2O. The Morgan fingerprint density at radius 1 is 1.19 bits per heavy atom. The smallest absolute Gasteiger partial charge is 0.225 e. The minimum atomic E-state index is 0.00315. The first-order valence-electron chi connectivity index (χ1n) is 7.25. The first kappa shape index (κ1) is 18.3. The molecule has 21 heavy (non-hydrogen) atoms. The van der Waals surface area contributed by atoms with Crippen LogP contribution in [0.4, 0.5) is 0 Å². The molecule has 0 aliphatic heterocycles. The monoisotopic (exact) mass is 330 g/mol. The quantitative estimate of drug-likeness (QED) is 0.817. The van der Waals surface area contributed by atoms with Gasteiger partial charge in [0.2, 0.25) is 5.91 Å². The zero-order chi connectivity index (χ0) is 16.0. The van der Waals surface area contributed by atoms with E-state index in [0.29, 0.717) is 16.6 Å². The Labute approximate surface area is 137 Å². The lowest BCUT2D eigenvalue weighted by Crippen LogP contribution is -2.31. The third-order valence-corrected chi connectivity index (χ3v) is 3.87. The van der Waals surface area contributed by atoms with E-state index in [0.717, 1.165) is 24.8 Å². The third-order valence-electron chi connectivity index (χ3n) is 3.44. The van der Waals surface area contributed by atoms with E-state index < -0.39 is 0 Å². The summed E-state index contributed by atoms with van der Waals surface area (Å²) in [6.07, 6.45) is 2.79. The molecule has 0 spiro atoms. The van der Waals surface area contributed by atoms with E-state index in [1.807, 2.05) is 26.0 Å². The summed E-state index contributed by atoms with van der Waals surface area (Å²) in [6.45, 7) is 4.46. The van der Waals surface area contributed by atoms with Crippen molar-refractivity contribution in [3.05, 3.63) is 33.8 Å². The Morgan fingerprint density at radius 2 is 1.76 bits per heavy atom. The van der Waals surface area contributed by atoms with Crippen molar-refractivity contribution in [2.24, 2.45) is 11.7 Å². The van der Waals surface area contributed by atoms with Gasteiger partial charge in [-0.05, 0) is 43.5 Å². The van der Waals surface area contributed by atoms with E-state index >= 15 is 0 Å². The van der Waals surface area contributed by atoms with Crippen LogP contribution < -0.4 is 5.73 Å². The molecule has 3 nitrogen and oxygen atoms in total. The Morgan fingerprint density at radius 3 is 2.29 bits per heavy atom. The van der Waals surface area contributed by atoms with Gasteiger partial charge in [0, 0.05) is 35.6 Å². The summed E-state index contributed by atoms with van der Waals surface area (Å²) < 4.78 is 0. The molecule has 2 unspecified atom stereocenters. The van der Waals surface area contributed by atoms with Crippen molar-refractivity contribution >= 4 is 29.1 Å². The molecule has 0 heterocycles. The number of nitrogens with two attached hydrogens (primary N) is 1. The fraction of sp³-hybridized carbons (Fsp3) is 0.562. The summed E-state index contributed by atoms with van der Waals surface area (Å²) in [5, 5.41) is 1.17. The fourth-order valence-corrected chi connectivity index (χ4v) is 2.87. The average Bonchev–Trinajstić information content (AvgIpc) is 2.35. The second-order valence-electron chi connectivity index (χ2n) is 5.78. The van der Waals surface area contributed by atoms with Gasteiger partial charge in [-0.15, -0.1) is 0 Å². The number of carbonyl (C=O) groups excluding carboxylic acids is 1. The maximum atomic E-state index is 12.3. The normalized spacial score (nSPS) is 13.8. The molecule has 5 heteroatoms. The zero-order valence-corrected chi connectivity index (χ0v) is 14.4. The Balaban J connectivity index is 2.53. The van der Waals surface area contributed by atoms with Crippen LogP contribution in [0, 0.1) is 5.92 Å². The molecule has 0 fully saturated rings. The number of nitrogens with zero attached hydrogens (tertiary/aromatic N) is 1. The molecular weight excluding hydrogens is 307 g/mol. The number of benzene rings is 1. The van der Waals surface area contributed by atoms with E-state index in [9.17, 15) is 4.79 Å². The minimum Gasteiger partial charge on any atom is -0.341 e. The molecule has 1 aromatic rings. The lowest BCUT2D eigenvalue weighted by molar-refractivity contribution is -0.134. The topological polar surface area (TPSA) is 46.3 Å². The van der Waals surface area contributed by atoms with Crippen LogP contribution in [-0.2, 0) is 11.3 Å². The second kappa shape index (κ2) is 8.62. The number of amides is 1. The summed E-state index contributed by atoms with van der Waals surface area (Å²) in [4.78, 5) is 14.0. The van der Waals surface area contributed by atoms with Gasteiger partial charge in [-0.2, -0.15) is 0 Å². The Bertz CT molecular complexity index is 457. The van der Waals surface area contributed by atoms with Crippen molar-refractivity contribution in [3.8, 4) is 0 Å². The van der Waals surface area contributed by atoms with E-state index in [-0.39, 0.29) is 17.9 Å². The molecule has 1 amide bonds. The van der Waals surface area contributed by atoms with Crippen molar-refractivity contribution in [2.75, 3.05) is 7.05 Å². The lowest BCUT2D eigenvalue weighted by atomic mass is 10.0. The number of carbonyl (C=O) groups is 1. The molecule has 0 saturated carbocycles. The van der Waals surface area contributed by atoms with Crippen LogP contribution in [-0.4, -0.2) is 23.9 Å². The molecule has 0 radical (unpaired) electrons. The van der Waals surface area contributed by atoms with Gasteiger partial charge in [-0.25, -0.2) is 0 Å². The number of hydrogen-bond donors (Lipinski definition) is 1. The Kier molecular flexibility index (Phi) is 7.50. The fourth-order valence-electron chi connectivity index (χ4n) is 2.30. The number of hydrogen-bond acceptors (Lipinski definition) is 2. The highest BCUT2D eigenvalue weighted by atomic mass is 35.5. The standard InChI is InChI=1S/C16H24Cl2N2O/c1-11(5-4-6-12(2)19)16(21)20(3)10-13-7-14(17)9-15(18)8-13/h7-9,11-12H,4-6,10,19H2,1-3H3. The lowest BCUT2D eigenvalue weighted by Gasteiger charge is -2.22. The highest BCUT2D eigenvalue weighted by Gasteiger charge is 2.17. The van der Waals surface area contributed by atoms with Crippen LogP contribution in [0.2, 0.25) is 10.0 Å². The predicted molar refractivity (Wildman–Crippen MR) is 89.6 cm³/mol. The van der Waals surface area contributed by atoms with Crippen LogP contribution in [0.3, 0.4) is 0 Å². The van der Waals surface area contributed by atoms with Crippen molar-refractivity contribution in [3.63, 3.8) is 0 Å². The summed E-state index contributed by atoms with van der Waals surface area (Å²) in [5.74, 6) is 0.138. The molecule has 0 aromatic heterocycles. The van der Waals surface area contributed by atoms with Crippen molar-refractivity contribution in [2.45, 2.75) is 45.7 Å². The summed E-state index contributed by atoms with van der Waals surface area (Å²) in [7, 11) is 1.80. The molecule has 2 atom stereocenters. The van der Waals surface area contributed by atoms with Gasteiger partial charge in [0.25, 0.3) is 0 Å². The Hall–Kier alpha value is -0.770. The van der Waals surface area contributed by atoms with Crippen LogP contribution >= 0.6 is 23.2 Å². The summed E-state index contributed by atoms with van der Waals surface area (Å²) >= 11 is 11.9. The van der Waals surface area contributed by atoms with Gasteiger partial charge >= 0.3 is 0 Å². The third kappa shape index (κ3) is 6.68. The van der Waals surface area contributed by atoms with Gasteiger partial charge < -0.3 is 10.6 Å². The summed E-state index contributed by atoms with van der Waals surface area (Å²) in [5.41, 5.74) is 6.66. The van der Waals surface area contributed by atoms with E-state index in [2.05, 4.69) is 0 Å². The molecule has 0 aliphatic rings. The van der Waals surface area contributed by atoms with Gasteiger partial charge in [0.05, 0.1) is 0 Å². The molecule has 1 rings (SSSR count). The molecule has 0 aliphatic carbocycles. The van der Waals surface area contributed by atoms with E-state index in [1.54, 1.807) is 18.0 Å². The highest BCUT2D eigenvalue weighted by molar-refractivity contribution is 6.34. The van der Waals surface area contributed by atoms with Crippen LogP contribution in [0.15, 0.2) is 18.2 Å². The molecule has 0 saturated heterocycles. The van der Waals surface area contributed by atoms with Crippen molar-refractivity contribution < 1.29 is 4.79 Å². The van der Waals surface area contributed by atoms with Gasteiger partial charge in [-0.1, -0.05) is 36.5 Å². The zero-order valence-electron chi connectivity index (χ0n) is 12.9. The van der Waals surface area contributed by atoms with E-state index in [4.69, 9.17) is 28.9 Å². The number of rotatable bonds is 7. The predicted octanol–water partition coefficient (Wildman–Crippen LogP) is 4.11. The number of halogens is 2. The first-order chi connectivity index (χ1) is 9.79.